The minimum Gasteiger partial charge on any atom is -0.326 e. The predicted octanol–water partition coefficient (Wildman–Crippen LogP) is 4.59. The summed E-state index contributed by atoms with van der Waals surface area (Å²) in [7, 11) is 0. The van der Waals surface area contributed by atoms with E-state index in [4.69, 9.17) is 5.73 Å². The van der Waals surface area contributed by atoms with Crippen LogP contribution < -0.4 is 5.73 Å². The van der Waals surface area contributed by atoms with Gasteiger partial charge in [0.15, 0.2) is 0 Å². The molecule has 19 heavy (non-hydrogen) atoms. The lowest BCUT2D eigenvalue weighted by molar-refractivity contribution is -0.138. The molecule has 2 rings (SSSR count). The molecule has 0 amide bonds. The van der Waals surface area contributed by atoms with E-state index >= 15 is 0 Å². The molecular weight excluding hydrogens is 271 g/mol. The SMILES string of the molecule is NCc1cc(SC2CCCCC2)ccc1C(F)(F)F. The average Bonchev–Trinajstić information content (AvgIpc) is 2.38. The Labute approximate surface area is 115 Å². The Morgan fingerprint density at radius 3 is 2.42 bits per heavy atom. The largest absolute Gasteiger partial charge is 0.416 e. The fourth-order valence-electron chi connectivity index (χ4n) is 2.46. The average molecular weight is 289 g/mol. The summed E-state index contributed by atoms with van der Waals surface area (Å²) in [6, 6.07) is 4.33. The maximum absolute atomic E-state index is 12.8. The second-order valence-electron chi connectivity index (χ2n) is 4.90. The number of hydrogen-bond donors (Lipinski definition) is 1. The Morgan fingerprint density at radius 2 is 1.84 bits per heavy atom. The van der Waals surface area contributed by atoms with Crippen molar-refractivity contribution < 1.29 is 13.2 Å². The maximum Gasteiger partial charge on any atom is 0.416 e. The van der Waals surface area contributed by atoms with Gasteiger partial charge in [-0.25, -0.2) is 0 Å². The molecule has 2 N–H and O–H groups in total. The van der Waals surface area contributed by atoms with Crippen molar-refractivity contribution in [2.45, 2.75) is 55.0 Å². The van der Waals surface area contributed by atoms with Crippen molar-refractivity contribution in [3.05, 3.63) is 29.3 Å². The number of rotatable bonds is 3. The van der Waals surface area contributed by atoms with E-state index in [0.29, 0.717) is 5.25 Å². The van der Waals surface area contributed by atoms with Gasteiger partial charge < -0.3 is 5.73 Å². The van der Waals surface area contributed by atoms with Crippen LogP contribution in [0.4, 0.5) is 13.2 Å². The van der Waals surface area contributed by atoms with E-state index in [1.54, 1.807) is 23.9 Å². The van der Waals surface area contributed by atoms with Crippen LogP contribution in [0.1, 0.15) is 43.2 Å². The van der Waals surface area contributed by atoms with Crippen molar-refractivity contribution >= 4 is 11.8 Å². The summed E-state index contributed by atoms with van der Waals surface area (Å²) < 4.78 is 38.3. The molecule has 0 aromatic heterocycles. The lowest BCUT2D eigenvalue weighted by Gasteiger charge is -2.21. The number of alkyl halides is 3. The molecule has 0 heterocycles. The molecule has 0 aliphatic heterocycles. The van der Waals surface area contributed by atoms with Gasteiger partial charge in [0, 0.05) is 16.7 Å². The van der Waals surface area contributed by atoms with Gasteiger partial charge in [0.2, 0.25) is 0 Å². The molecule has 0 radical (unpaired) electrons. The third kappa shape index (κ3) is 3.89. The van der Waals surface area contributed by atoms with E-state index in [-0.39, 0.29) is 12.1 Å². The van der Waals surface area contributed by atoms with Gasteiger partial charge in [0.05, 0.1) is 5.56 Å². The summed E-state index contributed by atoms with van der Waals surface area (Å²) in [6.45, 7) is -0.0755. The van der Waals surface area contributed by atoms with E-state index in [1.165, 1.54) is 19.3 Å². The van der Waals surface area contributed by atoms with E-state index in [2.05, 4.69) is 0 Å². The van der Waals surface area contributed by atoms with Gasteiger partial charge in [-0.3, -0.25) is 0 Å². The summed E-state index contributed by atoms with van der Waals surface area (Å²) in [5, 5.41) is 0.538. The second-order valence-corrected chi connectivity index (χ2v) is 6.27. The van der Waals surface area contributed by atoms with Gasteiger partial charge >= 0.3 is 6.18 Å². The lowest BCUT2D eigenvalue weighted by Crippen LogP contribution is -2.12. The molecule has 1 nitrogen and oxygen atoms in total. The minimum atomic E-state index is -4.32. The molecule has 1 fully saturated rings. The fraction of sp³-hybridized carbons (Fsp3) is 0.571. The quantitative estimate of drug-likeness (QED) is 0.880. The van der Waals surface area contributed by atoms with Crippen LogP contribution in [0.15, 0.2) is 23.1 Å². The van der Waals surface area contributed by atoms with Crippen molar-refractivity contribution in [2.24, 2.45) is 5.73 Å². The van der Waals surface area contributed by atoms with Crippen LogP contribution in [0.25, 0.3) is 0 Å². The Morgan fingerprint density at radius 1 is 1.16 bits per heavy atom. The number of benzene rings is 1. The number of nitrogens with two attached hydrogens (primary N) is 1. The van der Waals surface area contributed by atoms with Gasteiger partial charge in [0.25, 0.3) is 0 Å². The van der Waals surface area contributed by atoms with Crippen LogP contribution in [0, 0.1) is 0 Å². The Kier molecular flexibility index (Phi) is 4.79. The molecule has 0 bridgehead atoms. The van der Waals surface area contributed by atoms with Crippen LogP contribution >= 0.6 is 11.8 Å². The standard InChI is InChI=1S/C14H18F3NS/c15-14(16,17)13-7-6-12(8-10(13)9-18)19-11-4-2-1-3-5-11/h6-8,11H,1-5,9,18H2. The predicted molar refractivity (Wildman–Crippen MR) is 72.1 cm³/mol. The summed E-state index contributed by atoms with van der Waals surface area (Å²) in [4.78, 5) is 0.903. The molecule has 5 heteroatoms. The number of hydrogen-bond acceptors (Lipinski definition) is 2. The first-order valence-corrected chi connectivity index (χ1v) is 7.45. The highest BCUT2D eigenvalue weighted by atomic mass is 32.2. The molecule has 0 atom stereocenters. The Hall–Kier alpha value is -0.680. The monoisotopic (exact) mass is 289 g/mol. The summed E-state index contributed by atoms with van der Waals surface area (Å²) in [6.07, 6.45) is 1.72. The third-order valence-corrected chi connectivity index (χ3v) is 4.79. The van der Waals surface area contributed by atoms with Gasteiger partial charge in [0.1, 0.15) is 0 Å². The fourth-order valence-corrected chi connectivity index (χ4v) is 3.78. The van der Waals surface area contributed by atoms with E-state index < -0.39 is 11.7 Å². The van der Waals surface area contributed by atoms with Crippen molar-refractivity contribution in [3.8, 4) is 0 Å². The number of thioether (sulfide) groups is 1. The smallest absolute Gasteiger partial charge is 0.326 e. The van der Waals surface area contributed by atoms with Gasteiger partial charge in [-0.1, -0.05) is 19.3 Å². The topological polar surface area (TPSA) is 26.0 Å². The van der Waals surface area contributed by atoms with Crippen molar-refractivity contribution in [1.29, 1.82) is 0 Å². The molecule has 1 saturated carbocycles. The normalized spacial score (nSPS) is 17.7. The van der Waals surface area contributed by atoms with Crippen molar-refractivity contribution in [1.82, 2.24) is 0 Å². The van der Waals surface area contributed by atoms with Crippen LogP contribution in [-0.2, 0) is 12.7 Å². The minimum absolute atomic E-state index is 0.0755. The molecule has 1 aromatic rings. The first-order valence-electron chi connectivity index (χ1n) is 6.57. The van der Waals surface area contributed by atoms with Crippen LogP contribution in [0.5, 0.6) is 0 Å². The highest BCUT2D eigenvalue weighted by Crippen LogP contribution is 2.37. The molecule has 0 saturated heterocycles. The Bertz CT molecular complexity index is 425. The Balaban J connectivity index is 2.14. The molecule has 106 valence electrons. The van der Waals surface area contributed by atoms with Gasteiger partial charge in [-0.05, 0) is 36.6 Å². The maximum atomic E-state index is 12.8. The molecule has 1 aliphatic rings. The summed E-state index contributed by atoms with van der Waals surface area (Å²) in [5.74, 6) is 0. The van der Waals surface area contributed by atoms with E-state index in [1.807, 2.05) is 0 Å². The second kappa shape index (κ2) is 6.18. The van der Waals surface area contributed by atoms with Crippen LogP contribution in [-0.4, -0.2) is 5.25 Å². The molecule has 0 unspecified atom stereocenters. The summed E-state index contributed by atoms with van der Waals surface area (Å²) >= 11 is 1.69. The van der Waals surface area contributed by atoms with Gasteiger partial charge in [-0.15, -0.1) is 11.8 Å². The zero-order valence-corrected chi connectivity index (χ0v) is 11.5. The van der Waals surface area contributed by atoms with Crippen LogP contribution in [0.3, 0.4) is 0 Å². The number of halogens is 3. The van der Waals surface area contributed by atoms with Crippen molar-refractivity contribution in [3.63, 3.8) is 0 Å². The zero-order valence-electron chi connectivity index (χ0n) is 10.7. The first-order chi connectivity index (χ1) is 9.00. The summed E-state index contributed by atoms with van der Waals surface area (Å²) in [5.41, 5.74) is 5.02. The lowest BCUT2D eigenvalue weighted by atomic mass is 10.0. The van der Waals surface area contributed by atoms with Crippen LogP contribution in [0.2, 0.25) is 0 Å². The van der Waals surface area contributed by atoms with Crippen molar-refractivity contribution in [2.75, 3.05) is 0 Å². The van der Waals surface area contributed by atoms with E-state index in [0.717, 1.165) is 23.8 Å². The molecular formula is C14H18F3NS. The zero-order chi connectivity index (χ0) is 13.9. The molecule has 1 aromatic carbocycles. The van der Waals surface area contributed by atoms with Gasteiger partial charge in [-0.2, -0.15) is 13.2 Å². The third-order valence-electron chi connectivity index (χ3n) is 3.46. The first kappa shape index (κ1) is 14.7. The highest BCUT2D eigenvalue weighted by Gasteiger charge is 2.33. The molecule has 1 aliphatic carbocycles. The van der Waals surface area contributed by atoms with E-state index in [9.17, 15) is 13.2 Å². The molecule has 0 spiro atoms. The highest BCUT2D eigenvalue weighted by molar-refractivity contribution is 8.00.